The van der Waals surface area contributed by atoms with Gasteiger partial charge in [0.2, 0.25) is 0 Å². The average molecular weight is 356 g/mol. The number of hydrogen-bond acceptors (Lipinski definition) is 6. The molecule has 2 aromatic rings. The third-order valence-corrected chi connectivity index (χ3v) is 4.07. The van der Waals surface area contributed by atoms with Gasteiger partial charge in [-0.2, -0.15) is 0 Å². The highest BCUT2D eigenvalue weighted by atomic mass is 16.5. The Morgan fingerprint density at radius 2 is 2.00 bits per heavy atom. The molecule has 1 atom stereocenters. The zero-order valence-electron chi connectivity index (χ0n) is 15.1. The lowest BCUT2D eigenvalue weighted by atomic mass is 10.3. The SMILES string of the molecule is Cc1cc(N2CCOCC2)nc(CNC(=O)[C@H](C)Oc2ccccc2)n1. The van der Waals surface area contributed by atoms with E-state index in [1.165, 1.54) is 0 Å². The van der Waals surface area contributed by atoms with Gasteiger partial charge in [-0.25, -0.2) is 9.97 Å². The monoisotopic (exact) mass is 356 g/mol. The van der Waals surface area contributed by atoms with E-state index in [0.717, 1.165) is 24.6 Å². The minimum atomic E-state index is -0.596. The molecule has 1 aromatic carbocycles. The number of nitrogens with one attached hydrogen (secondary N) is 1. The van der Waals surface area contributed by atoms with Crippen LogP contribution in [0.4, 0.5) is 5.82 Å². The van der Waals surface area contributed by atoms with Gasteiger partial charge < -0.3 is 19.7 Å². The van der Waals surface area contributed by atoms with E-state index in [9.17, 15) is 4.79 Å². The fourth-order valence-electron chi connectivity index (χ4n) is 2.71. The summed E-state index contributed by atoms with van der Waals surface area (Å²) in [6.07, 6.45) is -0.596. The minimum Gasteiger partial charge on any atom is -0.481 e. The fourth-order valence-corrected chi connectivity index (χ4v) is 2.71. The molecular weight excluding hydrogens is 332 g/mol. The predicted molar refractivity (Wildman–Crippen MR) is 98.2 cm³/mol. The number of morpholine rings is 1. The number of aryl methyl sites for hydroxylation is 1. The van der Waals surface area contributed by atoms with Gasteiger partial charge in [-0.05, 0) is 26.0 Å². The third-order valence-electron chi connectivity index (χ3n) is 4.07. The van der Waals surface area contributed by atoms with Crippen molar-refractivity contribution in [2.24, 2.45) is 0 Å². The summed E-state index contributed by atoms with van der Waals surface area (Å²) in [5, 5.41) is 2.84. The van der Waals surface area contributed by atoms with Gasteiger partial charge in [0.15, 0.2) is 6.10 Å². The van der Waals surface area contributed by atoms with Gasteiger partial charge in [0.25, 0.3) is 5.91 Å². The van der Waals surface area contributed by atoms with Gasteiger partial charge in [0.05, 0.1) is 19.8 Å². The largest absolute Gasteiger partial charge is 0.481 e. The van der Waals surface area contributed by atoms with Crippen LogP contribution in [-0.2, 0) is 16.1 Å². The summed E-state index contributed by atoms with van der Waals surface area (Å²) in [6.45, 7) is 6.93. The van der Waals surface area contributed by atoms with Crippen LogP contribution >= 0.6 is 0 Å². The topological polar surface area (TPSA) is 76.6 Å². The Labute approximate surface area is 153 Å². The number of aromatic nitrogens is 2. The number of ether oxygens (including phenoxy) is 2. The van der Waals surface area contributed by atoms with Crippen molar-refractivity contribution in [1.82, 2.24) is 15.3 Å². The van der Waals surface area contributed by atoms with Gasteiger partial charge in [0.1, 0.15) is 17.4 Å². The van der Waals surface area contributed by atoms with Crippen LogP contribution in [0.5, 0.6) is 5.75 Å². The molecule has 2 heterocycles. The maximum Gasteiger partial charge on any atom is 0.261 e. The van der Waals surface area contributed by atoms with E-state index in [-0.39, 0.29) is 12.5 Å². The third kappa shape index (κ3) is 4.92. The molecule has 0 bridgehead atoms. The van der Waals surface area contributed by atoms with Crippen LogP contribution in [0, 0.1) is 6.92 Å². The number of nitrogens with zero attached hydrogens (tertiary/aromatic N) is 3. The normalized spacial score (nSPS) is 15.4. The van der Waals surface area contributed by atoms with Crippen molar-refractivity contribution >= 4 is 11.7 Å². The maximum atomic E-state index is 12.3. The molecule has 1 fully saturated rings. The summed E-state index contributed by atoms with van der Waals surface area (Å²) < 4.78 is 11.0. The van der Waals surface area contributed by atoms with Gasteiger partial charge in [-0.3, -0.25) is 4.79 Å². The smallest absolute Gasteiger partial charge is 0.261 e. The highest BCUT2D eigenvalue weighted by Crippen LogP contribution is 2.14. The second-order valence-electron chi connectivity index (χ2n) is 6.17. The van der Waals surface area contributed by atoms with Crippen molar-refractivity contribution in [1.29, 1.82) is 0 Å². The summed E-state index contributed by atoms with van der Waals surface area (Å²) in [6, 6.07) is 11.2. The van der Waals surface area contributed by atoms with E-state index in [0.29, 0.717) is 24.8 Å². The lowest BCUT2D eigenvalue weighted by Crippen LogP contribution is -2.38. The molecule has 0 unspecified atom stereocenters. The molecule has 7 nitrogen and oxygen atoms in total. The molecule has 138 valence electrons. The molecule has 3 rings (SSSR count). The van der Waals surface area contributed by atoms with Gasteiger partial charge in [0, 0.05) is 24.8 Å². The van der Waals surface area contributed by atoms with Crippen molar-refractivity contribution in [3.8, 4) is 5.75 Å². The van der Waals surface area contributed by atoms with Gasteiger partial charge in [-0.1, -0.05) is 18.2 Å². The van der Waals surface area contributed by atoms with Crippen LogP contribution in [0.2, 0.25) is 0 Å². The first-order valence-corrected chi connectivity index (χ1v) is 8.78. The number of rotatable bonds is 6. The van der Waals surface area contributed by atoms with Crippen molar-refractivity contribution in [3.63, 3.8) is 0 Å². The first kappa shape index (κ1) is 18.1. The second-order valence-corrected chi connectivity index (χ2v) is 6.17. The Bertz CT molecular complexity index is 733. The molecule has 1 aliphatic heterocycles. The Hall–Kier alpha value is -2.67. The van der Waals surface area contributed by atoms with E-state index in [1.807, 2.05) is 43.3 Å². The highest BCUT2D eigenvalue weighted by Gasteiger charge is 2.17. The van der Waals surface area contributed by atoms with Crippen LogP contribution in [0.3, 0.4) is 0 Å². The number of anilines is 1. The van der Waals surface area contributed by atoms with Gasteiger partial charge in [-0.15, -0.1) is 0 Å². The number of benzene rings is 1. The van der Waals surface area contributed by atoms with E-state index >= 15 is 0 Å². The van der Waals surface area contributed by atoms with Crippen molar-refractivity contribution < 1.29 is 14.3 Å². The summed E-state index contributed by atoms with van der Waals surface area (Å²) in [5.74, 6) is 1.92. The summed E-state index contributed by atoms with van der Waals surface area (Å²) in [4.78, 5) is 23.4. The highest BCUT2D eigenvalue weighted by molar-refractivity contribution is 5.80. The lowest BCUT2D eigenvalue weighted by molar-refractivity contribution is -0.127. The summed E-state index contributed by atoms with van der Waals surface area (Å²) >= 11 is 0. The molecule has 1 amide bonds. The molecule has 0 radical (unpaired) electrons. The summed E-state index contributed by atoms with van der Waals surface area (Å²) in [7, 11) is 0. The van der Waals surface area contributed by atoms with E-state index in [2.05, 4.69) is 20.2 Å². The standard InChI is InChI=1S/C19H24N4O3/c1-14-12-18(23-8-10-25-11-9-23)22-17(21-14)13-20-19(24)15(2)26-16-6-4-3-5-7-16/h3-7,12,15H,8-11,13H2,1-2H3,(H,20,24)/t15-/m0/s1. The molecule has 0 saturated carbocycles. The molecule has 0 aliphatic carbocycles. The Balaban J connectivity index is 1.58. The lowest BCUT2D eigenvalue weighted by Gasteiger charge is -2.28. The van der Waals surface area contributed by atoms with Crippen molar-refractivity contribution in [2.45, 2.75) is 26.5 Å². The van der Waals surface area contributed by atoms with Crippen LogP contribution < -0.4 is 15.0 Å². The zero-order chi connectivity index (χ0) is 18.4. The molecule has 1 N–H and O–H groups in total. The first-order valence-electron chi connectivity index (χ1n) is 8.78. The molecule has 1 aliphatic rings. The number of hydrogen-bond donors (Lipinski definition) is 1. The zero-order valence-corrected chi connectivity index (χ0v) is 15.1. The second kappa shape index (κ2) is 8.62. The molecular formula is C19H24N4O3. The van der Waals surface area contributed by atoms with Crippen LogP contribution in [0.25, 0.3) is 0 Å². The van der Waals surface area contributed by atoms with Crippen LogP contribution in [0.15, 0.2) is 36.4 Å². The van der Waals surface area contributed by atoms with Crippen molar-refractivity contribution in [2.75, 3.05) is 31.2 Å². The maximum absolute atomic E-state index is 12.3. The number of carbonyl (C=O) groups is 1. The van der Waals surface area contributed by atoms with Crippen LogP contribution in [0.1, 0.15) is 18.4 Å². The average Bonchev–Trinajstić information content (AvgIpc) is 2.67. The molecule has 1 aromatic heterocycles. The number of carbonyl (C=O) groups excluding carboxylic acids is 1. The Morgan fingerprint density at radius 3 is 2.73 bits per heavy atom. The predicted octanol–water partition coefficient (Wildman–Crippen LogP) is 1.71. The quantitative estimate of drug-likeness (QED) is 0.849. The molecule has 0 spiro atoms. The van der Waals surface area contributed by atoms with Gasteiger partial charge >= 0.3 is 0 Å². The van der Waals surface area contributed by atoms with E-state index in [1.54, 1.807) is 6.92 Å². The molecule has 26 heavy (non-hydrogen) atoms. The Kier molecular flexibility index (Phi) is 6.01. The summed E-state index contributed by atoms with van der Waals surface area (Å²) in [5.41, 5.74) is 0.874. The van der Waals surface area contributed by atoms with Crippen molar-refractivity contribution in [3.05, 3.63) is 47.9 Å². The van der Waals surface area contributed by atoms with Crippen LogP contribution in [-0.4, -0.2) is 48.3 Å². The van der Waals surface area contributed by atoms with E-state index < -0.39 is 6.10 Å². The number of amides is 1. The molecule has 7 heteroatoms. The van der Waals surface area contributed by atoms with E-state index in [4.69, 9.17) is 9.47 Å². The Morgan fingerprint density at radius 1 is 1.27 bits per heavy atom. The minimum absolute atomic E-state index is 0.202. The number of para-hydroxylation sites is 1. The fraction of sp³-hybridized carbons (Fsp3) is 0.421. The first-order chi connectivity index (χ1) is 12.6. The molecule has 1 saturated heterocycles.